The number of benzene rings is 2. The van der Waals surface area contributed by atoms with Crippen molar-refractivity contribution in [1.29, 1.82) is 0 Å². The maximum absolute atomic E-state index is 12.8. The predicted molar refractivity (Wildman–Crippen MR) is 121 cm³/mol. The molecule has 0 saturated carbocycles. The third-order valence-electron chi connectivity index (χ3n) is 4.20. The minimum Gasteiger partial charge on any atom is -0.493 e. The second kappa shape index (κ2) is 9.47. The predicted octanol–water partition coefficient (Wildman–Crippen LogP) is 4.84. The Morgan fingerprint density at radius 2 is 1.93 bits per heavy atom. The number of nitro benzene ring substituents is 1. The van der Waals surface area contributed by atoms with Gasteiger partial charge in [0.15, 0.2) is 11.5 Å². The summed E-state index contributed by atoms with van der Waals surface area (Å²) < 4.78 is 11.8. The van der Waals surface area contributed by atoms with E-state index in [0.29, 0.717) is 34.1 Å². The van der Waals surface area contributed by atoms with Crippen molar-refractivity contribution >= 4 is 57.3 Å². The number of hydrogen-bond donors (Lipinski definition) is 0. The second-order valence-electron chi connectivity index (χ2n) is 6.16. The van der Waals surface area contributed by atoms with E-state index >= 15 is 0 Å². The summed E-state index contributed by atoms with van der Waals surface area (Å²) in [7, 11) is 1.54. The van der Waals surface area contributed by atoms with Gasteiger partial charge in [0.1, 0.15) is 0 Å². The van der Waals surface area contributed by atoms with Gasteiger partial charge in [0.2, 0.25) is 0 Å². The van der Waals surface area contributed by atoms with Gasteiger partial charge >= 0.3 is 0 Å². The summed E-state index contributed by atoms with van der Waals surface area (Å²) in [5.41, 5.74) is 1.29. The third kappa shape index (κ3) is 4.75. The number of rotatable bonds is 7. The summed E-state index contributed by atoms with van der Waals surface area (Å²) in [4.78, 5) is 36.8. The van der Waals surface area contributed by atoms with Crippen molar-refractivity contribution in [2.45, 2.75) is 13.5 Å². The molecule has 10 heteroatoms. The van der Waals surface area contributed by atoms with Crippen molar-refractivity contribution in [3.8, 4) is 11.5 Å². The highest BCUT2D eigenvalue weighted by Crippen LogP contribution is 2.37. The SMILES string of the molecule is CCOc1c(I)cc(/C=C2\SC(=O)N(Cc3ccc([N+](=O)[O-])cc3)C2=O)cc1OC. The number of thioether (sulfide) groups is 1. The molecule has 0 atom stereocenters. The zero-order valence-electron chi connectivity index (χ0n) is 16.1. The zero-order valence-corrected chi connectivity index (χ0v) is 19.1. The van der Waals surface area contributed by atoms with Gasteiger partial charge < -0.3 is 9.47 Å². The lowest BCUT2D eigenvalue weighted by Crippen LogP contribution is -2.27. The molecule has 0 unspecified atom stereocenters. The number of nitro groups is 1. The molecule has 0 bridgehead atoms. The van der Waals surface area contributed by atoms with Crippen LogP contribution in [0.15, 0.2) is 41.3 Å². The minimum atomic E-state index is -0.501. The van der Waals surface area contributed by atoms with Crippen LogP contribution in [0.25, 0.3) is 6.08 Å². The molecular formula is C20H17IN2O6S. The Balaban J connectivity index is 1.82. The molecule has 1 heterocycles. The Kier molecular flexibility index (Phi) is 6.98. The van der Waals surface area contributed by atoms with Crippen LogP contribution in [0.2, 0.25) is 0 Å². The fraction of sp³-hybridized carbons (Fsp3) is 0.200. The van der Waals surface area contributed by atoms with Crippen LogP contribution < -0.4 is 9.47 Å². The largest absolute Gasteiger partial charge is 0.493 e. The number of methoxy groups -OCH3 is 1. The first-order valence-electron chi connectivity index (χ1n) is 8.83. The first kappa shape index (κ1) is 22.1. The van der Waals surface area contributed by atoms with Gasteiger partial charge in [-0.15, -0.1) is 0 Å². The van der Waals surface area contributed by atoms with Crippen molar-refractivity contribution in [2.24, 2.45) is 0 Å². The average Bonchev–Trinajstić information content (AvgIpc) is 2.97. The molecule has 2 aromatic rings. The molecule has 2 amide bonds. The molecule has 1 aliphatic rings. The van der Waals surface area contributed by atoms with Gasteiger partial charge in [-0.2, -0.15) is 0 Å². The third-order valence-corrected chi connectivity index (χ3v) is 5.91. The van der Waals surface area contributed by atoms with E-state index < -0.39 is 16.1 Å². The van der Waals surface area contributed by atoms with Gasteiger partial charge in [-0.3, -0.25) is 24.6 Å². The molecule has 2 aromatic carbocycles. The van der Waals surface area contributed by atoms with Crippen LogP contribution in [0.3, 0.4) is 0 Å². The van der Waals surface area contributed by atoms with E-state index in [1.165, 1.54) is 31.4 Å². The van der Waals surface area contributed by atoms with Crippen LogP contribution in [-0.2, 0) is 11.3 Å². The highest BCUT2D eigenvalue weighted by atomic mass is 127. The fourth-order valence-electron chi connectivity index (χ4n) is 2.80. The van der Waals surface area contributed by atoms with E-state index in [1.54, 1.807) is 12.1 Å². The van der Waals surface area contributed by atoms with Gasteiger partial charge in [-0.05, 0) is 70.6 Å². The van der Waals surface area contributed by atoms with Crippen molar-refractivity contribution in [2.75, 3.05) is 13.7 Å². The normalized spacial score (nSPS) is 15.0. The maximum atomic E-state index is 12.8. The minimum absolute atomic E-state index is 0.0458. The van der Waals surface area contributed by atoms with E-state index in [9.17, 15) is 19.7 Å². The molecule has 0 radical (unpaired) electrons. The van der Waals surface area contributed by atoms with Crippen molar-refractivity contribution in [1.82, 2.24) is 4.90 Å². The molecule has 1 saturated heterocycles. The van der Waals surface area contributed by atoms with Crippen LogP contribution in [0.1, 0.15) is 18.1 Å². The first-order valence-corrected chi connectivity index (χ1v) is 10.7. The van der Waals surface area contributed by atoms with E-state index in [-0.39, 0.29) is 12.2 Å². The van der Waals surface area contributed by atoms with E-state index in [2.05, 4.69) is 22.6 Å². The molecule has 3 rings (SSSR count). The van der Waals surface area contributed by atoms with E-state index in [4.69, 9.17) is 9.47 Å². The standard InChI is InChI=1S/C20H17IN2O6S/c1-3-29-18-15(21)8-13(9-16(18)28-2)10-17-19(24)22(20(25)30-17)11-12-4-6-14(7-5-12)23(26)27/h4-10H,3,11H2,1-2H3/b17-10-. The van der Waals surface area contributed by atoms with Gasteiger partial charge in [0.25, 0.3) is 16.8 Å². The van der Waals surface area contributed by atoms with Crippen LogP contribution in [-0.4, -0.2) is 34.7 Å². The molecule has 8 nitrogen and oxygen atoms in total. The Morgan fingerprint density at radius 1 is 1.23 bits per heavy atom. The first-order chi connectivity index (χ1) is 14.3. The monoisotopic (exact) mass is 540 g/mol. The van der Waals surface area contributed by atoms with E-state index in [1.807, 2.05) is 13.0 Å². The number of non-ortho nitro benzene ring substituents is 1. The average molecular weight is 540 g/mol. The summed E-state index contributed by atoms with van der Waals surface area (Å²) in [6.45, 7) is 2.42. The van der Waals surface area contributed by atoms with Crippen LogP contribution in [0.5, 0.6) is 11.5 Å². The molecule has 0 spiro atoms. The molecule has 1 fully saturated rings. The number of nitrogens with zero attached hydrogens (tertiary/aromatic N) is 2. The summed E-state index contributed by atoms with van der Waals surface area (Å²) in [6.07, 6.45) is 1.64. The van der Waals surface area contributed by atoms with Crippen LogP contribution in [0.4, 0.5) is 10.5 Å². The van der Waals surface area contributed by atoms with Crippen LogP contribution >= 0.6 is 34.4 Å². The number of carbonyl (C=O) groups is 2. The number of amides is 2. The fourth-order valence-corrected chi connectivity index (χ4v) is 4.42. The quantitative estimate of drug-likeness (QED) is 0.215. The Labute approximate surface area is 190 Å². The van der Waals surface area contributed by atoms with Gasteiger partial charge in [0.05, 0.1) is 33.7 Å². The number of hydrogen-bond acceptors (Lipinski definition) is 7. The Hall–Kier alpha value is -2.60. The van der Waals surface area contributed by atoms with Crippen molar-refractivity contribution < 1.29 is 24.0 Å². The molecule has 0 aromatic heterocycles. The number of ether oxygens (including phenoxy) is 2. The van der Waals surface area contributed by atoms with E-state index in [0.717, 1.165) is 20.2 Å². The lowest BCUT2D eigenvalue weighted by atomic mass is 10.1. The zero-order chi connectivity index (χ0) is 21.8. The lowest BCUT2D eigenvalue weighted by molar-refractivity contribution is -0.384. The second-order valence-corrected chi connectivity index (χ2v) is 8.31. The molecule has 0 aliphatic carbocycles. The number of halogens is 1. The van der Waals surface area contributed by atoms with Gasteiger partial charge in [-0.1, -0.05) is 12.1 Å². The lowest BCUT2D eigenvalue weighted by Gasteiger charge is -2.13. The Morgan fingerprint density at radius 3 is 2.53 bits per heavy atom. The van der Waals surface area contributed by atoms with Crippen LogP contribution in [0, 0.1) is 13.7 Å². The maximum Gasteiger partial charge on any atom is 0.293 e. The molecule has 30 heavy (non-hydrogen) atoms. The molecule has 1 aliphatic heterocycles. The number of imide groups is 1. The summed E-state index contributed by atoms with van der Waals surface area (Å²) in [6, 6.07) is 9.35. The topological polar surface area (TPSA) is 99.0 Å². The summed E-state index contributed by atoms with van der Waals surface area (Å²) >= 11 is 2.98. The van der Waals surface area contributed by atoms with Gasteiger partial charge in [-0.25, -0.2) is 0 Å². The smallest absolute Gasteiger partial charge is 0.293 e. The summed E-state index contributed by atoms with van der Waals surface area (Å²) in [5, 5.41) is 10.4. The highest BCUT2D eigenvalue weighted by molar-refractivity contribution is 14.1. The molecular weight excluding hydrogens is 523 g/mol. The Bertz CT molecular complexity index is 1040. The number of carbonyl (C=O) groups excluding carboxylic acids is 2. The van der Waals surface area contributed by atoms with Crippen molar-refractivity contribution in [3.63, 3.8) is 0 Å². The molecule has 156 valence electrons. The molecule has 0 N–H and O–H groups in total. The van der Waals surface area contributed by atoms with Gasteiger partial charge in [0, 0.05) is 12.1 Å². The highest BCUT2D eigenvalue weighted by Gasteiger charge is 2.35. The van der Waals surface area contributed by atoms with Crippen molar-refractivity contribution in [3.05, 3.63) is 66.1 Å². The summed E-state index contributed by atoms with van der Waals surface area (Å²) in [5.74, 6) is 0.760.